The first-order chi connectivity index (χ1) is 14.6. The van der Waals surface area contributed by atoms with E-state index in [0.717, 1.165) is 58.4 Å². The second-order valence-corrected chi connectivity index (χ2v) is 8.90. The summed E-state index contributed by atoms with van der Waals surface area (Å²) >= 11 is 0. The van der Waals surface area contributed by atoms with Gasteiger partial charge in [0.25, 0.3) is 0 Å². The molecule has 6 heteroatoms. The van der Waals surface area contributed by atoms with Gasteiger partial charge in [0, 0.05) is 51.8 Å². The van der Waals surface area contributed by atoms with Gasteiger partial charge in [-0.05, 0) is 31.2 Å². The molecule has 0 aliphatic carbocycles. The Balaban J connectivity index is 1.53. The molecule has 0 bridgehead atoms. The van der Waals surface area contributed by atoms with Crippen LogP contribution in [0.4, 0.5) is 0 Å². The predicted molar refractivity (Wildman–Crippen MR) is 123 cm³/mol. The average molecular weight is 417 g/mol. The summed E-state index contributed by atoms with van der Waals surface area (Å²) in [6, 6.07) is 9.25. The number of aliphatic imine (C=N–C) groups is 1. The maximum Gasteiger partial charge on any atom is 0.191 e. The smallest absolute Gasteiger partial charge is 0.191 e. The number of hydrogen-bond donors (Lipinski definition) is 2. The maximum atomic E-state index is 6.17. The number of nitrogens with one attached hydrogen (secondary N) is 2. The molecule has 0 spiro atoms. The minimum atomic E-state index is 0.154. The molecule has 2 fully saturated rings. The largest absolute Gasteiger partial charge is 0.379 e. The first-order valence-electron chi connectivity index (χ1n) is 11.5. The Hall–Kier alpha value is -1.63. The normalized spacial score (nSPS) is 24.6. The van der Waals surface area contributed by atoms with Crippen LogP contribution in [0.2, 0.25) is 0 Å². The van der Waals surface area contributed by atoms with Crippen molar-refractivity contribution in [2.45, 2.75) is 45.8 Å². The first-order valence-corrected chi connectivity index (χ1v) is 11.5. The van der Waals surface area contributed by atoms with Crippen molar-refractivity contribution < 1.29 is 9.47 Å². The van der Waals surface area contributed by atoms with Gasteiger partial charge in [-0.1, -0.05) is 43.7 Å². The zero-order valence-electron chi connectivity index (χ0n) is 19.2. The topological polar surface area (TPSA) is 58.1 Å². The van der Waals surface area contributed by atoms with Gasteiger partial charge in [0.15, 0.2) is 5.96 Å². The van der Waals surface area contributed by atoms with E-state index in [1.54, 1.807) is 0 Å². The van der Waals surface area contributed by atoms with Crippen LogP contribution in [0.1, 0.15) is 43.9 Å². The molecule has 0 saturated carbocycles. The van der Waals surface area contributed by atoms with E-state index >= 15 is 0 Å². The highest BCUT2D eigenvalue weighted by atomic mass is 16.5. The third kappa shape index (κ3) is 6.43. The quantitative estimate of drug-likeness (QED) is 0.529. The zero-order chi connectivity index (χ0) is 21.3. The van der Waals surface area contributed by atoms with E-state index in [1.807, 2.05) is 7.05 Å². The molecule has 6 nitrogen and oxygen atoms in total. The molecular formula is C24H40N4O2. The zero-order valence-corrected chi connectivity index (χ0v) is 19.2. The van der Waals surface area contributed by atoms with Crippen LogP contribution in [0, 0.1) is 18.8 Å². The van der Waals surface area contributed by atoms with Crippen molar-refractivity contribution in [3.05, 3.63) is 35.4 Å². The molecule has 30 heavy (non-hydrogen) atoms. The number of morpholine rings is 1. The number of benzene rings is 1. The van der Waals surface area contributed by atoms with Gasteiger partial charge >= 0.3 is 0 Å². The van der Waals surface area contributed by atoms with E-state index in [4.69, 9.17) is 9.47 Å². The molecule has 1 aromatic carbocycles. The average Bonchev–Trinajstić information content (AvgIpc) is 2.77. The minimum absolute atomic E-state index is 0.154. The lowest BCUT2D eigenvalue weighted by Gasteiger charge is -2.37. The lowest BCUT2D eigenvalue weighted by atomic mass is 9.89. The second-order valence-electron chi connectivity index (χ2n) is 8.90. The summed E-state index contributed by atoms with van der Waals surface area (Å²) in [5, 5.41) is 7.13. The van der Waals surface area contributed by atoms with Crippen LogP contribution < -0.4 is 10.6 Å². The van der Waals surface area contributed by atoms with E-state index in [9.17, 15) is 0 Å². The number of aryl methyl sites for hydroxylation is 1. The van der Waals surface area contributed by atoms with Crippen LogP contribution >= 0.6 is 0 Å². The Bertz CT molecular complexity index is 656. The highest BCUT2D eigenvalue weighted by Gasteiger charge is 2.28. The van der Waals surface area contributed by atoms with Gasteiger partial charge in [-0.2, -0.15) is 0 Å². The summed E-state index contributed by atoms with van der Waals surface area (Å²) in [5.74, 6) is 1.90. The second kappa shape index (κ2) is 11.7. The lowest BCUT2D eigenvalue weighted by molar-refractivity contribution is -0.0265. The molecule has 0 aromatic heterocycles. The number of ether oxygens (including phenoxy) is 2. The standard InChI is InChI=1S/C24H40N4O2/c1-18(2)22(28-11-14-29-15-12-28)17-27-24(25-4)26-16-21-6-5-13-30-23(21)20-9-7-19(3)8-10-20/h7-10,18,21-23H,5-6,11-17H2,1-4H3,(H2,25,26,27). The van der Waals surface area contributed by atoms with Gasteiger partial charge in [-0.25, -0.2) is 0 Å². The summed E-state index contributed by atoms with van der Waals surface area (Å²) in [4.78, 5) is 7.01. The molecule has 2 aliphatic rings. The van der Waals surface area contributed by atoms with Gasteiger partial charge in [0.05, 0.1) is 19.3 Å². The van der Waals surface area contributed by atoms with Gasteiger partial charge in [-0.3, -0.25) is 9.89 Å². The Morgan fingerprint density at radius 3 is 2.53 bits per heavy atom. The fourth-order valence-corrected chi connectivity index (χ4v) is 4.52. The molecule has 1 aromatic rings. The fourth-order valence-electron chi connectivity index (χ4n) is 4.52. The van der Waals surface area contributed by atoms with Crippen molar-refractivity contribution in [1.29, 1.82) is 0 Å². The van der Waals surface area contributed by atoms with Crippen LogP contribution in [0.15, 0.2) is 29.3 Å². The molecule has 168 valence electrons. The molecule has 0 radical (unpaired) electrons. The Kier molecular flexibility index (Phi) is 8.97. The van der Waals surface area contributed by atoms with Crippen molar-refractivity contribution in [3.8, 4) is 0 Å². The van der Waals surface area contributed by atoms with E-state index in [-0.39, 0.29) is 6.10 Å². The molecule has 3 rings (SSSR count). The van der Waals surface area contributed by atoms with E-state index in [2.05, 4.69) is 65.6 Å². The monoisotopic (exact) mass is 416 g/mol. The van der Waals surface area contributed by atoms with Crippen LogP contribution in [0.5, 0.6) is 0 Å². The SMILES string of the molecule is CN=C(NCC1CCCOC1c1ccc(C)cc1)NCC(C(C)C)N1CCOCC1. The highest BCUT2D eigenvalue weighted by Crippen LogP contribution is 2.33. The van der Waals surface area contributed by atoms with E-state index in [0.29, 0.717) is 17.9 Å². The number of nitrogens with zero attached hydrogens (tertiary/aromatic N) is 2. The molecule has 3 unspecified atom stereocenters. The molecular weight excluding hydrogens is 376 g/mol. The predicted octanol–water partition coefficient (Wildman–Crippen LogP) is 2.98. The molecule has 2 aliphatic heterocycles. The van der Waals surface area contributed by atoms with Crippen LogP contribution in [-0.2, 0) is 9.47 Å². The Morgan fingerprint density at radius 2 is 1.87 bits per heavy atom. The third-order valence-corrected chi connectivity index (χ3v) is 6.37. The Morgan fingerprint density at radius 1 is 1.13 bits per heavy atom. The lowest BCUT2D eigenvalue weighted by Crippen LogP contribution is -2.53. The molecule has 2 heterocycles. The van der Waals surface area contributed by atoms with Gasteiger partial charge in [-0.15, -0.1) is 0 Å². The van der Waals surface area contributed by atoms with Crippen molar-refractivity contribution in [3.63, 3.8) is 0 Å². The van der Waals surface area contributed by atoms with Gasteiger partial charge in [0.1, 0.15) is 0 Å². The van der Waals surface area contributed by atoms with Crippen LogP contribution in [0.3, 0.4) is 0 Å². The molecule has 2 saturated heterocycles. The number of guanidine groups is 1. The van der Waals surface area contributed by atoms with Gasteiger partial charge in [0.2, 0.25) is 0 Å². The summed E-state index contributed by atoms with van der Waals surface area (Å²) < 4.78 is 11.7. The van der Waals surface area contributed by atoms with Crippen LogP contribution in [-0.4, -0.2) is 69.9 Å². The summed E-state index contributed by atoms with van der Waals surface area (Å²) in [6.45, 7) is 13.0. The minimum Gasteiger partial charge on any atom is -0.379 e. The third-order valence-electron chi connectivity index (χ3n) is 6.37. The maximum absolute atomic E-state index is 6.17. The van der Waals surface area contributed by atoms with Crippen molar-refractivity contribution in [2.75, 3.05) is 53.0 Å². The van der Waals surface area contributed by atoms with Crippen LogP contribution in [0.25, 0.3) is 0 Å². The van der Waals surface area contributed by atoms with Crippen molar-refractivity contribution in [2.24, 2.45) is 16.8 Å². The molecule has 3 atom stereocenters. The molecule has 0 amide bonds. The number of rotatable bonds is 7. The molecule has 2 N–H and O–H groups in total. The first kappa shape index (κ1) is 23.0. The van der Waals surface area contributed by atoms with Gasteiger partial charge < -0.3 is 20.1 Å². The summed E-state index contributed by atoms with van der Waals surface area (Å²) in [6.07, 6.45) is 2.44. The summed E-state index contributed by atoms with van der Waals surface area (Å²) in [7, 11) is 1.85. The number of hydrogen-bond acceptors (Lipinski definition) is 4. The summed E-state index contributed by atoms with van der Waals surface area (Å²) in [5.41, 5.74) is 2.57. The Labute approximate surface area is 182 Å². The van der Waals surface area contributed by atoms with Crippen molar-refractivity contribution >= 4 is 5.96 Å². The van der Waals surface area contributed by atoms with Crippen molar-refractivity contribution in [1.82, 2.24) is 15.5 Å². The fraction of sp³-hybridized carbons (Fsp3) is 0.708. The van der Waals surface area contributed by atoms with E-state index in [1.165, 1.54) is 17.5 Å². The van der Waals surface area contributed by atoms with E-state index < -0.39 is 0 Å². The highest BCUT2D eigenvalue weighted by molar-refractivity contribution is 5.79.